The molecular weight excluding hydrogens is 192 g/mol. The van der Waals surface area contributed by atoms with E-state index in [0.29, 0.717) is 12.2 Å². The molecule has 1 N–H and O–H groups in total. The maximum atomic E-state index is 10.6. The largest absolute Gasteiger partial charge is 0.478 e. The third kappa shape index (κ3) is 4.13. The standard InChI is InChI=1S/C12H16O3/c1-2-3-8-15-9-10-4-6-11(7-5-10)12(13)14/h4-7H,2-3,8-9H2,1H3,(H,13,14). The van der Waals surface area contributed by atoms with Crippen molar-refractivity contribution in [3.8, 4) is 0 Å². The van der Waals surface area contributed by atoms with Gasteiger partial charge in [0.25, 0.3) is 0 Å². The maximum absolute atomic E-state index is 10.6. The lowest BCUT2D eigenvalue weighted by Crippen LogP contribution is -1.98. The number of carbonyl (C=O) groups is 1. The highest BCUT2D eigenvalue weighted by atomic mass is 16.5. The zero-order valence-corrected chi connectivity index (χ0v) is 8.90. The topological polar surface area (TPSA) is 46.5 Å². The molecule has 0 spiro atoms. The number of unbranched alkanes of at least 4 members (excludes halogenated alkanes) is 1. The number of carboxylic acids is 1. The van der Waals surface area contributed by atoms with E-state index in [4.69, 9.17) is 9.84 Å². The molecule has 0 saturated carbocycles. The van der Waals surface area contributed by atoms with Gasteiger partial charge < -0.3 is 9.84 Å². The average Bonchev–Trinajstić information content (AvgIpc) is 2.25. The van der Waals surface area contributed by atoms with Crippen LogP contribution in [-0.4, -0.2) is 17.7 Å². The van der Waals surface area contributed by atoms with Crippen molar-refractivity contribution in [1.29, 1.82) is 0 Å². The van der Waals surface area contributed by atoms with E-state index in [2.05, 4.69) is 6.92 Å². The predicted octanol–water partition coefficient (Wildman–Crippen LogP) is 2.70. The summed E-state index contributed by atoms with van der Waals surface area (Å²) in [4.78, 5) is 10.6. The Morgan fingerprint density at radius 3 is 2.53 bits per heavy atom. The zero-order valence-electron chi connectivity index (χ0n) is 8.90. The third-order valence-electron chi connectivity index (χ3n) is 2.11. The maximum Gasteiger partial charge on any atom is 0.335 e. The van der Waals surface area contributed by atoms with Crippen LogP contribution in [-0.2, 0) is 11.3 Å². The molecule has 0 radical (unpaired) electrons. The van der Waals surface area contributed by atoms with Crippen molar-refractivity contribution in [2.24, 2.45) is 0 Å². The summed E-state index contributed by atoms with van der Waals surface area (Å²) in [5.74, 6) is -0.895. The third-order valence-corrected chi connectivity index (χ3v) is 2.11. The average molecular weight is 208 g/mol. The van der Waals surface area contributed by atoms with Crippen LogP contribution in [0.5, 0.6) is 0 Å². The molecule has 0 aliphatic heterocycles. The fourth-order valence-electron chi connectivity index (χ4n) is 1.18. The molecule has 0 fully saturated rings. The van der Waals surface area contributed by atoms with Gasteiger partial charge in [-0.25, -0.2) is 4.79 Å². The van der Waals surface area contributed by atoms with Gasteiger partial charge in [0, 0.05) is 6.61 Å². The van der Waals surface area contributed by atoms with E-state index in [0.717, 1.165) is 25.0 Å². The normalized spacial score (nSPS) is 10.2. The number of hydrogen-bond donors (Lipinski definition) is 1. The Bertz CT molecular complexity index is 303. The summed E-state index contributed by atoms with van der Waals surface area (Å²) >= 11 is 0. The molecule has 0 aromatic heterocycles. The van der Waals surface area contributed by atoms with Crippen molar-refractivity contribution in [2.75, 3.05) is 6.61 Å². The van der Waals surface area contributed by atoms with Gasteiger partial charge in [-0.15, -0.1) is 0 Å². The van der Waals surface area contributed by atoms with Crippen molar-refractivity contribution in [2.45, 2.75) is 26.4 Å². The Morgan fingerprint density at radius 2 is 2.00 bits per heavy atom. The second-order valence-electron chi connectivity index (χ2n) is 3.41. The number of carboxylic acid groups (broad SMARTS) is 1. The van der Waals surface area contributed by atoms with E-state index in [1.54, 1.807) is 24.3 Å². The summed E-state index contributed by atoms with van der Waals surface area (Å²) < 4.78 is 5.41. The van der Waals surface area contributed by atoms with Gasteiger partial charge in [0.2, 0.25) is 0 Å². The lowest BCUT2D eigenvalue weighted by molar-refractivity contribution is 0.0696. The van der Waals surface area contributed by atoms with Gasteiger partial charge in [-0.2, -0.15) is 0 Å². The summed E-state index contributed by atoms with van der Waals surface area (Å²) in [6, 6.07) is 6.77. The van der Waals surface area contributed by atoms with Crippen LogP contribution < -0.4 is 0 Å². The second kappa shape index (κ2) is 6.19. The molecule has 82 valence electrons. The Balaban J connectivity index is 2.39. The molecule has 0 bridgehead atoms. The van der Waals surface area contributed by atoms with E-state index in [-0.39, 0.29) is 0 Å². The molecule has 3 nitrogen and oxygen atoms in total. The van der Waals surface area contributed by atoms with Crippen LogP contribution >= 0.6 is 0 Å². The number of hydrogen-bond acceptors (Lipinski definition) is 2. The summed E-state index contributed by atoms with van der Waals surface area (Å²) in [7, 11) is 0. The molecule has 1 aromatic carbocycles. The summed E-state index contributed by atoms with van der Waals surface area (Å²) in [5, 5.41) is 8.69. The molecule has 0 unspecified atom stereocenters. The summed E-state index contributed by atoms with van der Waals surface area (Å²) in [5.41, 5.74) is 1.32. The van der Waals surface area contributed by atoms with Crippen molar-refractivity contribution in [1.82, 2.24) is 0 Å². The smallest absolute Gasteiger partial charge is 0.335 e. The van der Waals surface area contributed by atoms with Gasteiger partial charge in [0.05, 0.1) is 12.2 Å². The van der Waals surface area contributed by atoms with E-state index in [9.17, 15) is 4.79 Å². The zero-order chi connectivity index (χ0) is 11.1. The first-order valence-electron chi connectivity index (χ1n) is 5.14. The first kappa shape index (κ1) is 11.7. The monoisotopic (exact) mass is 208 g/mol. The Morgan fingerprint density at radius 1 is 1.33 bits per heavy atom. The lowest BCUT2D eigenvalue weighted by Gasteiger charge is -2.03. The van der Waals surface area contributed by atoms with Crippen LogP contribution in [0.25, 0.3) is 0 Å². The highest BCUT2D eigenvalue weighted by Gasteiger charge is 2.01. The SMILES string of the molecule is CCCCOCc1ccc(C(=O)O)cc1. The van der Waals surface area contributed by atoms with Gasteiger partial charge in [-0.1, -0.05) is 25.5 Å². The Hall–Kier alpha value is -1.35. The fourth-order valence-corrected chi connectivity index (χ4v) is 1.18. The van der Waals surface area contributed by atoms with E-state index in [1.165, 1.54) is 0 Å². The highest BCUT2D eigenvalue weighted by molar-refractivity contribution is 5.87. The van der Waals surface area contributed by atoms with Crippen LogP contribution in [0.4, 0.5) is 0 Å². The van der Waals surface area contributed by atoms with Crippen LogP contribution in [0.2, 0.25) is 0 Å². The van der Waals surface area contributed by atoms with Gasteiger partial charge in [0.1, 0.15) is 0 Å². The molecular formula is C12H16O3. The molecule has 0 atom stereocenters. The quantitative estimate of drug-likeness (QED) is 0.731. The Kier molecular flexibility index (Phi) is 4.84. The number of aromatic carboxylic acids is 1. The van der Waals surface area contributed by atoms with Crippen LogP contribution in [0.15, 0.2) is 24.3 Å². The van der Waals surface area contributed by atoms with Gasteiger partial charge in [-0.3, -0.25) is 0 Å². The van der Waals surface area contributed by atoms with E-state index < -0.39 is 5.97 Å². The van der Waals surface area contributed by atoms with Crippen LogP contribution in [0.3, 0.4) is 0 Å². The minimum absolute atomic E-state index is 0.312. The van der Waals surface area contributed by atoms with Gasteiger partial charge in [-0.05, 0) is 24.1 Å². The Labute approximate surface area is 89.7 Å². The van der Waals surface area contributed by atoms with E-state index in [1.807, 2.05) is 0 Å². The van der Waals surface area contributed by atoms with Crippen LogP contribution in [0, 0.1) is 0 Å². The summed E-state index contributed by atoms with van der Waals surface area (Å²) in [6.07, 6.45) is 2.19. The lowest BCUT2D eigenvalue weighted by atomic mass is 10.1. The highest BCUT2D eigenvalue weighted by Crippen LogP contribution is 2.06. The van der Waals surface area contributed by atoms with Crippen molar-refractivity contribution >= 4 is 5.97 Å². The second-order valence-corrected chi connectivity index (χ2v) is 3.41. The van der Waals surface area contributed by atoms with Gasteiger partial charge >= 0.3 is 5.97 Å². The fraction of sp³-hybridized carbons (Fsp3) is 0.417. The van der Waals surface area contributed by atoms with Crippen molar-refractivity contribution in [3.63, 3.8) is 0 Å². The number of benzene rings is 1. The molecule has 1 rings (SSSR count). The molecule has 0 amide bonds. The van der Waals surface area contributed by atoms with E-state index >= 15 is 0 Å². The molecule has 1 aromatic rings. The first-order valence-corrected chi connectivity index (χ1v) is 5.14. The minimum Gasteiger partial charge on any atom is -0.478 e. The molecule has 0 aliphatic rings. The van der Waals surface area contributed by atoms with Crippen molar-refractivity contribution in [3.05, 3.63) is 35.4 Å². The number of rotatable bonds is 6. The van der Waals surface area contributed by atoms with Crippen molar-refractivity contribution < 1.29 is 14.6 Å². The van der Waals surface area contributed by atoms with Gasteiger partial charge in [0.15, 0.2) is 0 Å². The number of ether oxygens (including phenoxy) is 1. The minimum atomic E-state index is -0.895. The molecule has 0 saturated heterocycles. The first-order chi connectivity index (χ1) is 7.24. The molecule has 0 heterocycles. The molecule has 15 heavy (non-hydrogen) atoms. The molecule has 3 heteroatoms. The molecule has 0 aliphatic carbocycles. The predicted molar refractivity (Wildman–Crippen MR) is 58.0 cm³/mol. The summed E-state index contributed by atoms with van der Waals surface area (Å²) in [6.45, 7) is 3.43. The van der Waals surface area contributed by atoms with Crippen LogP contribution in [0.1, 0.15) is 35.7 Å².